The molecule has 0 aliphatic rings. The molecule has 5 heteroatoms. The second kappa shape index (κ2) is 3.58. The van der Waals surface area contributed by atoms with Crippen LogP contribution in [-0.2, 0) is 0 Å². The first-order chi connectivity index (χ1) is 6.06. The molecule has 0 fully saturated rings. The Morgan fingerprint density at radius 3 is 2.38 bits per heavy atom. The van der Waals surface area contributed by atoms with Crippen LogP contribution in [0.1, 0.15) is 11.3 Å². The van der Waals surface area contributed by atoms with Crippen molar-refractivity contribution in [3.63, 3.8) is 0 Å². The zero-order valence-electron chi connectivity index (χ0n) is 7.67. The molecule has 0 atom stereocenters. The van der Waals surface area contributed by atoms with Gasteiger partial charge in [0.1, 0.15) is 11.6 Å². The third-order valence-corrected chi connectivity index (χ3v) is 1.82. The van der Waals surface area contributed by atoms with Gasteiger partial charge in [0.25, 0.3) is 0 Å². The highest BCUT2D eigenvalue weighted by Gasteiger charge is 2.09. The van der Waals surface area contributed by atoms with Crippen LogP contribution in [0.5, 0.6) is 0 Å². The van der Waals surface area contributed by atoms with E-state index in [1.165, 1.54) is 0 Å². The number of halogens is 1. The van der Waals surface area contributed by atoms with Crippen molar-refractivity contribution < 1.29 is 0 Å². The van der Waals surface area contributed by atoms with Crippen molar-refractivity contribution >= 4 is 17.5 Å². The lowest BCUT2D eigenvalue weighted by Gasteiger charge is -2.11. The van der Waals surface area contributed by atoms with E-state index in [0.29, 0.717) is 17.2 Å². The summed E-state index contributed by atoms with van der Waals surface area (Å²) in [5.41, 5.74) is 0.943. The minimum Gasteiger partial charge on any atom is -0.347 e. The van der Waals surface area contributed by atoms with Crippen LogP contribution in [0, 0.1) is 18.3 Å². The Kier molecular flexibility index (Phi) is 2.69. The molecule has 1 rings (SSSR count). The fourth-order valence-corrected chi connectivity index (χ4v) is 1.11. The molecule has 4 nitrogen and oxygen atoms in total. The molecule has 1 heterocycles. The van der Waals surface area contributed by atoms with Crippen molar-refractivity contribution in [2.75, 3.05) is 19.0 Å². The number of rotatable bonds is 1. The van der Waals surface area contributed by atoms with E-state index in [1.54, 1.807) is 11.8 Å². The Morgan fingerprint density at radius 1 is 1.38 bits per heavy atom. The molecule has 0 unspecified atom stereocenters. The van der Waals surface area contributed by atoms with E-state index in [1.807, 2.05) is 20.2 Å². The highest BCUT2D eigenvalue weighted by atomic mass is 35.5. The van der Waals surface area contributed by atoms with Gasteiger partial charge in [-0.1, -0.05) is 11.6 Å². The van der Waals surface area contributed by atoms with Crippen molar-refractivity contribution in [1.82, 2.24) is 9.97 Å². The Morgan fingerprint density at radius 2 is 2.00 bits per heavy atom. The van der Waals surface area contributed by atoms with E-state index < -0.39 is 0 Å². The molecular formula is C8H9ClN4. The lowest BCUT2D eigenvalue weighted by molar-refractivity contribution is 0.972. The maximum atomic E-state index is 8.70. The second-order valence-corrected chi connectivity index (χ2v) is 3.14. The minimum atomic E-state index is 0.207. The third kappa shape index (κ3) is 1.87. The summed E-state index contributed by atoms with van der Waals surface area (Å²) in [5.74, 6) is 0.515. The van der Waals surface area contributed by atoms with Gasteiger partial charge in [0, 0.05) is 14.1 Å². The molecule has 0 bridgehead atoms. The van der Waals surface area contributed by atoms with Crippen molar-refractivity contribution in [3.8, 4) is 6.07 Å². The normalized spacial score (nSPS) is 9.46. The molecule has 0 saturated carbocycles. The summed E-state index contributed by atoms with van der Waals surface area (Å²) in [7, 11) is 3.63. The van der Waals surface area contributed by atoms with Crippen molar-refractivity contribution in [1.29, 1.82) is 5.26 Å². The molecule has 0 radical (unpaired) electrons. The van der Waals surface area contributed by atoms with Crippen molar-refractivity contribution in [2.24, 2.45) is 0 Å². The monoisotopic (exact) mass is 196 g/mol. The quantitative estimate of drug-likeness (QED) is 0.637. The summed E-state index contributed by atoms with van der Waals surface area (Å²) in [6, 6.07) is 1.95. The topological polar surface area (TPSA) is 52.8 Å². The number of anilines is 1. The maximum Gasteiger partial charge on any atom is 0.226 e. The predicted molar refractivity (Wildman–Crippen MR) is 50.8 cm³/mol. The summed E-state index contributed by atoms with van der Waals surface area (Å²) in [5, 5.41) is 8.91. The summed E-state index contributed by atoms with van der Waals surface area (Å²) in [6.45, 7) is 1.74. The van der Waals surface area contributed by atoms with E-state index >= 15 is 0 Å². The number of hydrogen-bond acceptors (Lipinski definition) is 4. The van der Waals surface area contributed by atoms with Gasteiger partial charge in [-0.05, 0) is 6.92 Å². The van der Waals surface area contributed by atoms with Gasteiger partial charge >= 0.3 is 0 Å². The lowest BCUT2D eigenvalue weighted by atomic mass is 10.3. The van der Waals surface area contributed by atoms with Gasteiger partial charge in [-0.25, -0.2) is 4.98 Å². The average molecular weight is 197 g/mol. The minimum absolute atomic E-state index is 0.207. The zero-order chi connectivity index (χ0) is 10.0. The smallest absolute Gasteiger partial charge is 0.226 e. The molecular weight excluding hydrogens is 188 g/mol. The summed E-state index contributed by atoms with van der Waals surface area (Å²) in [6.07, 6.45) is 0. The predicted octanol–water partition coefficient (Wildman–Crippen LogP) is 1.38. The van der Waals surface area contributed by atoms with Crippen LogP contribution in [0.4, 0.5) is 5.95 Å². The van der Waals surface area contributed by atoms with E-state index in [2.05, 4.69) is 9.97 Å². The summed E-state index contributed by atoms with van der Waals surface area (Å²) >= 11 is 5.78. The molecule has 13 heavy (non-hydrogen) atoms. The zero-order valence-corrected chi connectivity index (χ0v) is 8.42. The van der Waals surface area contributed by atoms with Gasteiger partial charge < -0.3 is 4.90 Å². The number of nitrogens with zero attached hydrogens (tertiary/aromatic N) is 4. The van der Waals surface area contributed by atoms with Gasteiger partial charge in [-0.15, -0.1) is 0 Å². The largest absolute Gasteiger partial charge is 0.347 e. The van der Waals surface area contributed by atoms with Gasteiger partial charge in [-0.2, -0.15) is 10.2 Å². The summed E-state index contributed by atoms with van der Waals surface area (Å²) < 4.78 is 0. The Balaban J connectivity index is 3.30. The third-order valence-electron chi connectivity index (χ3n) is 1.55. The highest BCUT2D eigenvalue weighted by molar-refractivity contribution is 6.30. The average Bonchev–Trinajstić information content (AvgIpc) is 2.03. The molecule has 0 N–H and O–H groups in total. The molecule has 0 aromatic carbocycles. The summed E-state index contributed by atoms with van der Waals surface area (Å²) in [4.78, 5) is 9.81. The van der Waals surface area contributed by atoms with Gasteiger partial charge in [0.15, 0.2) is 5.15 Å². The lowest BCUT2D eigenvalue weighted by Crippen LogP contribution is -2.14. The molecule has 0 aliphatic heterocycles. The first kappa shape index (κ1) is 9.75. The van der Waals surface area contributed by atoms with E-state index in [-0.39, 0.29) is 5.15 Å². The van der Waals surface area contributed by atoms with Crippen LogP contribution in [0.15, 0.2) is 0 Å². The van der Waals surface area contributed by atoms with Crippen LogP contribution < -0.4 is 4.90 Å². The fourth-order valence-electron chi connectivity index (χ4n) is 0.851. The molecule has 1 aromatic heterocycles. The maximum absolute atomic E-state index is 8.70. The molecule has 0 aliphatic carbocycles. The molecule has 0 saturated heterocycles. The first-order valence-electron chi connectivity index (χ1n) is 3.68. The van der Waals surface area contributed by atoms with Crippen molar-refractivity contribution in [3.05, 3.63) is 16.4 Å². The number of aromatic nitrogens is 2. The SMILES string of the molecule is Cc1nc(N(C)C)nc(Cl)c1C#N. The number of hydrogen-bond donors (Lipinski definition) is 0. The van der Waals surface area contributed by atoms with E-state index in [9.17, 15) is 0 Å². The number of aryl methyl sites for hydroxylation is 1. The Bertz CT molecular complexity index is 344. The Labute approximate surface area is 81.8 Å². The van der Waals surface area contributed by atoms with Gasteiger partial charge in [-0.3, -0.25) is 0 Å². The van der Waals surface area contributed by atoms with E-state index in [4.69, 9.17) is 16.9 Å². The highest BCUT2D eigenvalue weighted by Crippen LogP contribution is 2.17. The molecule has 68 valence electrons. The first-order valence-corrected chi connectivity index (χ1v) is 4.05. The van der Waals surface area contributed by atoms with E-state index in [0.717, 1.165) is 0 Å². The van der Waals surface area contributed by atoms with Crippen LogP contribution in [0.3, 0.4) is 0 Å². The van der Waals surface area contributed by atoms with Gasteiger partial charge in [0.05, 0.1) is 5.69 Å². The molecule has 0 amide bonds. The molecule has 1 aromatic rings. The van der Waals surface area contributed by atoms with Crippen LogP contribution in [-0.4, -0.2) is 24.1 Å². The van der Waals surface area contributed by atoms with Gasteiger partial charge in [0.2, 0.25) is 5.95 Å². The van der Waals surface area contributed by atoms with Crippen LogP contribution >= 0.6 is 11.6 Å². The standard InChI is InChI=1S/C8H9ClN4/c1-5-6(4-10)7(9)12-8(11-5)13(2)3/h1-3H3. The molecule has 0 spiro atoms. The van der Waals surface area contributed by atoms with Crippen molar-refractivity contribution in [2.45, 2.75) is 6.92 Å². The Hall–Kier alpha value is -1.34. The number of nitriles is 1. The second-order valence-electron chi connectivity index (χ2n) is 2.78. The fraction of sp³-hybridized carbons (Fsp3) is 0.375. The van der Waals surface area contributed by atoms with Crippen LogP contribution in [0.25, 0.3) is 0 Å². The van der Waals surface area contributed by atoms with Crippen LogP contribution in [0.2, 0.25) is 5.15 Å².